The maximum Gasteiger partial charge on any atom is 0.382 e. The Bertz CT molecular complexity index is 277. The highest BCUT2D eigenvalue weighted by atomic mass is 19.4. The molecule has 3 nitrogen and oxygen atoms in total. The number of alkyl halides is 4. The quantitative estimate of drug-likeness (QED) is 0.333. The number of hydrogen-bond acceptors (Lipinski definition) is 3. The number of carbonyl (C=O) groups is 1. The first-order chi connectivity index (χ1) is 6.92. The van der Waals surface area contributed by atoms with Crippen LogP contribution in [0.2, 0.25) is 0 Å². The van der Waals surface area contributed by atoms with Crippen molar-refractivity contribution >= 4 is 5.97 Å². The van der Waals surface area contributed by atoms with Gasteiger partial charge in [-0.3, -0.25) is 0 Å². The van der Waals surface area contributed by atoms with Crippen LogP contribution >= 0.6 is 0 Å². The fourth-order valence-electron chi connectivity index (χ4n) is 0.832. The van der Waals surface area contributed by atoms with Crippen LogP contribution in [0.1, 0.15) is 13.8 Å². The predicted octanol–water partition coefficient (Wildman–Crippen LogP) is 2.28. The van der Waals surface area contributed by atoms with Crippen LogP contribution in [0.3, 0.4) is 0 Å². The molecule has 0 aromatic carbocycles. The monoisotopic (exact) mass is 253 g/mol. The molecule has 0 aliphatic heterocycles. The van der Waals surface area contributed by atoms with Crippen LogP contribution in [0.15, 0.2) is 0 Å². The van der Waals surface area contributed by atoms with Gasteiger partial charge >= 0.3 is 17.7 Å². The van der Waals surface area contributed by atoms with E-state index in [4.69, 9.17) is 0 Å². The number of hydrogen-bond donors (Lipinski definition) is 0. The Morgan fingerprint density at radius 2 is 1.50 bits per heavy atom. The fraction of sp³-hybridized carbons (Fsp3) is 0.857. The lowest BCUT2D eigenvalue weighted by Crippen LogP contribution is -2.64. The molecular formula is C7H9F6NO2. The molecule has 0 spiro atoms. The Balaban J connectivity index is 5.63. The second-order valence-electron chi connectivity index (χ2n) is 3.39. The number of halogens is 6. The molecule has 1 unspecified atom stereocenters. The summed E-state index contributed by atoms with van der Waals surface area (Å²) in [6.45, 7) is 0.321. The molecule has 0 aromatic rings. The maximum atomic E-state index is 13.3. The van der Waals surface area contributed by atoms with Gasteiger partial charge < -0.3 is 4.74 Å². The summed E-state index contributed by atoms with van der Waals surface area (Å²) in [4.78, 5) is 10.6. The third kappa shape index (κ3) is 1.95. The highest BCUT2D eigenvalue weighted by Gasteiger charge is 2.74. The zero-order valence-electron chi connectivity index (χ0n) is 8.53. The van der Waals surface area contributed by atoms with Crippen molar-refractivity contribution in [1.29, 1.82) is 0 Å². The molecule has 16 heavy (non-hydrogen) atoms. The SMILES string of the molecule is COC(=O)C(F)(N(F)F)C(F)(F)C(C)(C)F. The standard InChI is InChI=1S/C7H9F6NO2/c1-5(2,8)7(10,11)6(9,14(12)13)4(15)16-3/h1-3H3. The molecule has 0 rings (SSSR count). The summed E-state index contributed by atoms with van der Waals surface area (Å²) in [6.07, 6.45) is 0. The molecule has 0 N–H and O–H groups in total. The lowest BCUT2D eigenvalue weighted by Gasteiger charge is -2.35. The average Bonchev–Trinajstić information content (AvgIpc) is 2.12. The van der Waals surface area contributed by atoms with Gasteiger partial charge in [0.25, 0.3) is 0 Å². The summed E-state index contributed by atoms with van der Waals surface area (Å²) in [5.74, 6) is -13.1. The second kappa shape index (κ2) is 4.11. The van der Waals surface area contributed by atoms with E-state index in [1.54, 1.807) is 0 Å². The summed E-state index contributed by atoms with van der Waals surface area (Å²) < 4.78 is 80.0. The summed E-state index contributed by atoms with van der Waals surface area (Å²) in [7, 11) is 0.418. The highest BCUT2D eigenvalue weighted by Crippen LogP contribution is 2.46. The molecule has 0 radical (unpaired) electrons. The van der Waals surface area contributed by atoms with Crippen LogP contribution in [0, 0.1) is 0 Å². The topological polar surface area (TPSA) is 29.5 Å². The van der Waals surface area contributed by atoms with Crippen LogP contribution in [-0.2, 0) is 9.53 Å². The van der Waals surface area contributed by atoms with Gasteiger partial charge in [-0.1, -0.05) is 8.96 Å². The van der Waals surface area contributed by atoms with Crippen molar-refractivity contribution in [3.63, 3.8) is 0 Å². The van der Waals surface area contributed by atoms with Crippen molar-refractivity contribution in [1.82, 2.24) is 5.34 Å². The maximum absolute atomic E-state index is 13.3. The number of esters is 1. The van der Waals surface area contributed by atoms with Crippen LogP contribution in [0.4, 0.5) is 26.5 Å². The van der Waals surface area contributed by atoms with Gasteiger partial charge in [-0.15, -0.1) is 0 Å². The first-order valence-corrected chi connectivity index (χ1v) is 3.88. The lowest BCUT2D eigenvalue weighted by atomic mass is 9.93. The van der Waals surface area contributed by atoms with Gasteiger partial charge in [0.2, 0.25) is 0 Å². The first kappa shape index (κ1) is 15.0. The van der Waals surface area contributed by atoms with E-state index in [2.05, 4.69) is 4.74 Å². The van der Waals surface area contributed by atoms with E-state index in [0.717, 1.165) is 0 Å². The average molecular weight is 253 g/mol. The van der Waals surface area contributed by atoms with Crippen molar-refractivity contribution in [3.8, 4) is 0 Å². The molecule has 0 amide bonds. The minimum atomic E-state index is -5.30. The normalized spacial score (nSPS) is 17.1. The van der Waals surface area contributed by atoms with Gasteiger partial charge in [-0.05, 0) is 13.8 Å². The Kier molecular flexibility index (Phi) is 3.86. The molecule has 0 aliphatic carbocycles. The van der Waals surface area contributed by atoms with Crippen LogP contribution < -0.4 is 0 Å². The molecule has 0 heterocycles. The number of carbonyl (C=O) groups excluding carboxylic acids is 1. The van der Waals surface area contributed by atoms with Crippen molar-refractivity contribution < 1.29 is 36.1 Å². The van der Waals surface area contributed by atoms with E-state index in [1.807, 2.05) is 0 Å². The largest absolute Gasteiger partial charge is 0.465 e. The molecular weight excluding hydrogens is 244 g/mol. The Morgan fingerprint density at radius 3 is 1.69 bits per heavy atom. The summed E-state index contributed by atoms with van der Waals surface area (Å²) in [5, 5.41) is -2.71. The lowest BCUT2D eigenvalue weighted by molar-refractivity contribution is -0.356. The van der Waals surface area contributed by atoms with E-state index >= 15 is 0 Å². The number of methoxy groups -OCH3 is 1. The third-order valence-electron chi connectivity index (χ3n) is 1.85. The molecule has 0 fully saturated rings. The van der Waals surface area contributed by atoms with Crippen LogP contribution in [-0.4, -0.2) is 35.8 Å². The van der Waals surface area contributed by atoms with Crippen LogP contribution in [0.25, 0.3) is 0 Å². The van der Waals surface area contributed by atoms with E-state index in [9.17, 15) is 31.3 Å². The van der Waals surface area contributed by atoms with E-state index < -0.39 is 28.7 Å². The van der Waals surface area contributed by atoms with Crippen LogP contribution in [0.5, 0.6) is 0 Å². The van der Waals surface area contributed by atoms with Crippen molar-refractivity contribution in [2.24, 2.45) is 0 Å². The van der Waals surface area contributed by atoms with E-state index in [-0.39, 0.29) is 13.8 Å². The minimum absolute atomic E-state index is 0.160. The number of ether oxygens (including phenoxy) is 1. The molecule has 9 heteroatoms. The van der Waals surface area contributed by atoms with Gasteiger partial charge in [-0.2, -0.15) is 8.78 Å². The van der Waals surface area contributed by atoms with E-state index in [1.165, 1.54) is 0 Å². The second-order valence-corrected chi connectivity index (χ2v) is 3.39. The molecule has 0 bridgehead atoms. The van der Waals surface area contributed by atoms with Gasteiger partial charge in [-0.25, -0.2) is 13.6 Å². The van der Waals surface area contributed by atoms with Crippen molar-refractivity contribution in [3.05, 3.63) is 0 Å². The third-order valence-corrected chi connectivity index (χ3v) is 1.85. The highest BCUT2D eigenvalue weighted by molar-refractivity contribution is 5.80. The van der Waals surface area contributed by atoms with Crippen molar-refractivity contribution in [2.45, 2.75) is 31.2 Å². The Hall–Kier alpha value is -0.990. The smallest absolute Gasteiger partial charge is 0.382 e. The zero-order valence-corrected chi connectivity index (χ0v) is 8.53. The van der Waals surface area contributed by atoms with Gasteiger partial charge in [0.1, 0.15) is 0 Å². The molecule has 0 aromatic heterocycles. The van der Waals surface area contributed by atoms with Gasteiger partial charge in [0.05, 0.1) is 12.5 Å². The predicted molar refractivity (Wildman–Crippen MR) is 40.0 cm³/mol. The number of nitrogens with zero attached hydrogens (tertiary/aromatic N) is 1. The van der Waals surface area contributed by atoms with E-state index in [0.29, 0.717) is 7.11 Å². The van der Waals surface area contributed by atoms with Gasteiger partial charge in [0, 0.05) is 0 Å². The molecule has 1 atom stereocenters. The molecule has 96 valence electrons. The minimum Gasteiger partial charge on any atom is -0.465 e. The Labute approximate surface area is 86.8 Å². The molecule has 0 aliphatic rings. The first-order valence-electron chi connectivity index (χ1n) is 3.88. The summed E-state index contributed by atoms with van der Waals surface area (Å²) >= 11 is 0. The fourth-order valence-corrected chi connectivity index (χ4v) is 0.832. The zero-order chi connectivity index (χ0) is 13.4. The summed E-state index contributed by atoms with van der Waals surface area (Å²) in [5.41, 5.74) is -3.69. The van der Waals surface area contributed by atoms with Gasteiger partial charge in [0.15, 0.2) is 5.67 Å². The molecule has 0 saturated heterocycles. The Morgan fingerprint density at radius 1 is 1.12 bits per heavy atom. The number of rotatable bonds is 4. The molecule has 0 saturated carbocycles. The summed E-state index contributed by atoms with van der Waals surface area (Å²) in [6, 6.07) is 0. The van der Waals surface area contributed by atoms with Crippen molar-refractivity contribution in [2.75, 3.05) is 7.11 Å².